The summed E-state index contributed by atoms with van der Waals surface area (Å²) in [5, 5.41) is 7.46. The Hall–Kier alpha value is -2.02. The summed E-state index contributed by atoms with van der Waals surface area (Å²) < 4.78 is 5.95. The fourth-order valence-electron chi connectivity index (χ4n) is 2.39. The second-order valence-corrected chi connectivity index (χ2v) is 5.95. The van der Waals surface area contributed by atoms with Gasteiger partial charge in [0.2, 0.25) is 11.0 Å². The van der Waals surface area contributed by atoms with E-state index in [1.807, 2.05) is 13.2 Å². The molecular formula is C14H17N5OS. The summed E-state index contributed by atoms with van der Waals surface area (Å²) in [7, 11) is 1.84. The van der Waals surface area contributed by atoms with Crippen molar-refractivity contribution in [2.45, 2.75) is 25.7 Å². The summed E-state index contributed by atoms with van der Waals surface area (Å²) >= 11 is 1.20. The normalized spacial score (nSPS) is 17.9. The topological polar surface area (TPSA) is 72.7 Å². The molecule has 3 rings (SSSR count). The minimum absolute atomic E-state index is 0.000404. The predicted molar refractivity (Wildman–Crippen MR) is 81.8 cm³/mol. The zero-order chi connectivity index (χ0) is 14.7. The van der Waals surface area contributed by atoms with E-state index in [9.17, 15) is 4.79 Å². The highest BCUT2D eigenvalue weighted by Crippen LogP contribution is 2.23. The van der Waals surface area contributed by atoms with Gasteiger partial charge in [-0.05, 0) is 25.2 Å². The maximum absolute atomic E-state index is 12.0. The van der Waals surface area contributed by atoms with Crippen LogP contribution in [0.15, 0.2) is 24.5 Å². The number of aromatic nitrogens is 4. The number of hydrogen-bond acceptors (Lipinski definition) is 5. The molecule has 0 fully saturated rings. The fourth-order valence-corrected chi connectivity index (χ4v) is 3.00. The molecule has 1 atom stereocenters. The van der Waals surface area contributed by atoms with Gasteiger partial charge in [-0.25, -0.2) is 0 Å². The molecular weight excluding hydrogens is 286 g/mol. The fraction of sp³-hybridized carbons (Fsp3) is 0.429. The molecule has 1 N–H and O–H groups in total. The first kappa shape index (κ1) is 13.9. The van der Waals surface area contributed by atoms with Crippen molar-refractivity contribution in [1.82, 2.24) is 19.1 Å². The lowest BCUT2D eigenvalue weighted by atomic mass is 9.93. The third kappa shape index (κ3) is 3.55. The van der Waals surface area contributed by atoms with Crippen molar-refractivity contribution in [3.05, 3.63) is 24.5 Å². The number of nitrogens with zero attached hydrogens (tertiary/aromatic N) is 4. The largest absolute Gasteiger partial charge is 0.301 e. The zero-order valence-corrected chi connectivity index (χ0v) is 12.6. The van der Waals surface area contributed by atoms with Crippen LogP contribution in [0.2, 0.25) is 0 Å². The lowest BCUT2D eigenvalue weighted by molar-refractivity contribution is -0.116. The van der Waals surface area contributed by atoms with Gasteiger partial charge in [-0.3, -0.25) is 9.48 Å². The molecule has 110 valence electrons. The van der Waals surface area contributed by atoms with Gasteiger partial charge in [0.05, 0.1) is 11.8 Å². The molecule has 21 heavy (non-hydrogen) atoms. The molecule has 1 aliphatic carbocycles. The van der Waals surface area contributed by atoms with Gasteiger partial charge in [0.25, 0.3) is 0 Å². The van der Waals surface area contributed by atoms with Gasteiger partial charge in [0.1, 0.15) is 0 Å². The van der Waals surface area contributed by atoms with Crippen LogP contribution >= 0.6 is 11.5 Å². The van der Waals surface area contributed by atoms with E-state index in [4.69, 9.17) is 0 Å². The van der Waals surface area contributed by atoms with Crippen LogP contribution in [-0.2, 0) is 11.8 Å². The number of hydrogen-bond donors (Lipinski definition) is 1. The molecule has 0 saturated carbocycles. The molecule has 6 nitrogen and oxygen atoms in total. The van der Waals surface area contributed by atoms with Gasteiger partial charge < -0.3 is 5.32 Å². The Morgan fingerprint density at radius 1 is 1.57 bits per heavy atom. The van der Waals surface area contributed by atoms with Gasteiger partial charge in [0.15, 0.2) is 5.82 Å². The number of rotatable bonds is 4. The molecule has 2 aromatic heterocycles. The van der Waals surface area contributed by atoms with E-state index in [0.29, 0.717) is 23.3 Å². The van der Waals surface area contributed by atoms with E-state index in [1.54, 1.807) is 10.9 Å². The summed E-state index contributed by atoms with van der Waals surface area (Å²) in [5.74, 6) is 0.950. The monoisotopic (exact) mass is 303 g/mol. The van der Waals surface area contributed by atoms with Crippen molar-refractivity contribution in [3.63, 3.8) is 0 Å². The van der Waals surface area contributed by atoms with E-state index in [1.165, 1.54) is 18.0 Å². The summed E-state index contributed by atoms with van der Waals surface area (Å²) in [6.45, 7) is 0. The highest BCUT2D eigenvalue weighted by atomic mass is 32.1. The van der Waals surface area contributed by atoms with Gasteiger partial charge in [-0.1, -0.05) is 12.2 Å². The van der Waals surface area contributed by atoms with Gasteiger partial charge in [0, 0.05) is 31.2 Å². The van der Waals surface area contributed by atoms with Crippen molar-refractivity contribution >= 4 is 22.6 Å². The number of carbonyl (C=O) groups excluding carboxylic acids is 1. The minimum Gasteiger partial charge on any atom is -0.301 e. The SMILES string of the molecule is Cn1cc(-c2nsc(NC(=O)CC3C=CCCC3)n2)cn1. The highest BCUT2D eigenvalue weighted by molar-refractivity contribution is 7.10. The number of amides is 1. The Morgan fingerprint density at radius 2 is 2.48 bits per heavy atom. The number of anilines is 1. The quantitative estimate of drug-likeness (QED) is 0.881. The lowest BCUT2D eigenvalue weighted by Gasteiger charge is -2.14. The highest BCUT2D eigenvalue weighted by Gasteiger charge is 2.15. The molecule has 2 aromatic rings. The Kier molecular flexibility index (Phi) is 4.10. The van der Waals surface area contributed by atoms with Crippen molar-refractivity contribution < 1.29 is 4.79 Å². The molecule has 0 spiro atoms. The van der Waals surface area contributed by atoms with Crippen LogP contribution in [-0.4, -0.2) is 25.0 Å². The molecule has 1 unspecified atom stereocenters. The smallest absolute Gasteiger partial charge is 0.226 e. The lowest BCUT2D eigenvalue weighted by Crippen LogP contribution is -2.16. The van der Waals surface area contributed by atoms with Crippen LogP contribution in [0.4, 0.5) is 5.13 Å². The Labute approximate surface area is 127 Å². The Morgan fingerprint density at radius 3 is 3.19 bits per heavy atom. The van der Waals surface area contributed by atoms with E-state index in [2.05, 4.69) is 31.9 Å². The second kappa shape index (κ2) is 6.17. The van der Waals surface area contributed by atoms with Crippen molar-refractivity contribution in [2.75, 3.05) is 5.32 Å². The number of nitrogens with one attached hydrogen (secondary N) is 1. The average molecular weight is 303 g/mol. The standard InChI is InChI=1S/C14H17N5OS/c1-19-9-11(8-15-19)13-17-14(21-18-13)16-12(20)7-10-5-3-2-4-6-10/h3,5,8-10H,2,4,6-7H2,1H3,(H,16,17,18,20). The molecule has 0 radical (unpaired) electrons. The van der Waals surface area contributed by atoms with E-state index < -0.39 is 0 Å². The molecule has 1 amide bonds. The van der Waals surface area contributed by atoms with Crippen LogP contribution in [0.3, 0.4) is 0 Å². The van der Waals surface area contributed by atoms with E-state index in [0.717, 1.165) is 18.4 Å². The molecule has 0 aliphatic heterocycles. The zero-order valence-electron chi connectivity index (χ0n) is 11.8. The number of aryl methyl sites for hydroxylation is 1. The van der Waals surface area contributed by atoms with Crippen molar-refractivity contribution in [2.24, 2.45) is 13.0 Å². The second-order valence-electron chi connectivity index (χ2n) is 5.20. The van der Waals surface area contributed by atoms with E-state index >= 15 is 0 Å². The van der Waals surface area contributed by atoms with Crippen LogP contribution < -0.4 is 5.32 Å². The first-order valence-corrected chi connectivity index (χ1v) is 7.77. The predicted octanol–water partition coefficient (Wildman–Crippen LogP) is 2.62. The summed E-state index contributed by atoms with van der Waals surface area (Å²) in [5.41, 5.74) is 0.851. The number of allylic oxidation sites excluding steroid dienone is 2. The summed E-state index contributed by atoms with van der Waals surface area (Å²) in [4.78, 5) is 16.3. The Balaban J connectivity index is 1.60. The van der Waals surface area contributed by atoms with Crippen LogP contribution in [0.1, 0.15) is 25.7 Å². The molecule has 0 aromatic carbocycles. The van der Waals surface area contributed by atoms with E-state index in [-0.39, 0.29) is 5.91 Å². The van der Waals surface area contributed by atoms with Crippen molar-refractivity contribution in [1.29, 1.82) is 0 Å². The third-order valence-corrected chi connectivity index (χ3v) is 4.07. The molecule has 1 aliphatic rings. The maximum Gasteiger partial charge on any atom is 0.226 e. The van der Waals surface area contributed by atoms with Gasteiger partial charge in [-0.15, -0.1) is 0 Å². The minimum atomic E-state index is 0.000404. The first-order chi connectivity index (χ1) is 10.2. The average Bonchev–Trinajstić information content (AvgIpc) is 3.09. The molecule has 0 saturated heterocycles. The van der Waals surface area contributed by atoms with Gasteiger partial charge in [-0.2, -0.15) is 14.5 Å². The molecule has 0 bridgehead atoms. The van der Waals surface area contributed by atoms with Crippen molar-refractivity contribution in [3.8, 4) is 11.4 Å². The number of carbonyl (C=O) groups is 1. The third-order valence-electron chi connectivity index (χ3n) is 3.44. The van der Waals surface area contributed by atoms with Crippen LogP contribution in [0, 0.1) is 5.92 Å². The molecule has 7 heteroatoms. The molecule has 2 heterocycles. The van der Waals surface area contributed by atoms with Crippen LogP contribution in [0.5, 0.6) is 0 Å². The van der Waals surface area contributed by atoms with Gasteiger partial charge >= 0.3 is 0 Å². The van der Waals surface area contributed by atoms with Crippen LogP contribution in [0.25, 0.3) is 11.4 Å². The Bertz CT molecular complexity index is 660. The maximum atomic E-state index is 12.0. The first-order valence-electron chi connectivity index (χ1n) is 7.00. The summed E-state index contributed by atoms with van der Waals surface area (Å²) in [6.07, 6.45) is 11.7. The summed E-state index contributed by atoms with van der Waals surface area (Å²) in [6, 6.07) is 0.